The molecule has 0 saturated heterocycles. The lowest BCUT2D eigenvalue weighted by Gasteiger charge is -2.17. The standard InChI is InChI=1S/C26H23N5O2S.C25H20BrN5O2S/c1-15-8-9-19(30-23(32)17-6-5-7-18(12-17)26(3,4)14-27)13-20(15)31-24(33)22-16(2)21-25(34-22)29-11-10-28-21;1-14-7-8-17(30-22(32)15-5-4-6-16(11-15)25(2,3)13-27)12-18(14)31-23(33)21-19(26)20-24(34-21)29-10-9-28-20/h5-13H,1-4H3,(H,30,32)(H,31,33);4-12H,1-3H3,(H,30,32)(H,31,33). The number of rotatable bonds is 10. The van der Waals surface area contributed by atoms with Crippen molar-refractivity contribution in [3.8, 4) is 12.1 Å². The molecule has 8 aromatic rings. The van der Waals surface area contributed by atoms with Crippen LogP contribution in [0.5, 0.6) is 0 Å². The zero-order valence-corrected chi connectivity index (χ0v) is 41.1. The van der Waals surface area contributed by atoms with Gasteiger partial charge < -0.3 is 21.3 Å². The van der Waals surface area contributed by atoms with E-state index in [4.69, 9.17) is 0 Å². The first-order valence-corrected chi connectivity index (χ1v) is 23.4. The number of nitrogens with zero attached hydrogens (tertiary/aromatic N) is 6. The highest BCUT2D eigenvalue weighted by Gasteiger charge is 2.24. The van der Waals surface area contributed by atoms with Crippen LogP contribution in [0.4, 0.5) is 22.7 Å². The molecular formula is C51H43BrN10O4S2. The Morgan fingerprint density at radius 3 is 1.43 bits per heavy atom. The number of hydrogen-bond donors (Lipinski definition) is 4. The van der Waals surface area contributed by atoms with Crippen molar-refractivity contribution in [2.75, 3.05) is 21.3 Å². The Morgan fingerprint density at radius 1 is 0.544 bits per heavy atom. The molecule has 0 aliphatic carbocycles. The average molecular weight is 1000 g/mol. The molecule has 0 unspecified atom stereocenters. The molecule has 0 aliphatic rings. The van der Waals surface area contributed by atoms with Crippen molar-refractivity contribution < 1.29 is 19.2 Å². The minimum atomic E-state index is -0.705. The molecular weight excluding hydrogens is 961 g/mol. The zero-order valence-electron chi connectivity index (χ0n) is 37.9. The molecule has 4 heterocycles. The number of benzene rings is 4. The third kappa shape index (κ3) is 10.6. The van der Waals surface area contributed by atoms with Crippen LogP contribution in [0.15, 0.2) is 114 Å². The lowest BCUT2D eigenvalue weighted by Crippen LogP contribution is -2.17. The fourth-order valence-corrected chi connectivity index (χ4v) is 9.50. The van der Waals surface area contributed by atoms with Gasteiger partial charge in [-0.05, 0) is 135 Å². The monoisotopic (exact) mass is 1000 g/mol. The Kier molecular flexibility index (Phi) is 14.2. The third-order valence-corrected chi connectivity index (χ3v) is 14.3. The summed E-state index contributed by atoms with van der Waals surface area (Å²) >= 11 is 6.00. The number of aromatic nitrogens is 4. The van der Waals surface area contributed by atoms with Crippen LogP contribution in [0.1, 0.15) is 95.6 Å². The fourth-order valence-electron chi connectivity index (χ4n) is 6.76. The number of nitriles is 2. The van der Waals surface area contributed by atoms with Gasteiger partial charge in [0.15, 0.2) is 0 Å². The predicted molar refractivity (Wildman–Crippen MR) is 272 cm³/mol. The highest BCUT2D eigenvalue weighted by Crippen LogP contribution is 2.35. The zero-order chi connectivity index (χ0) is 48.9. The summed E-state index contributed by atoms with van der Waals surface area (Å²) in [5, 5.41) is 30.4. The van der Waals surface area contributed by atoms with E-state index in [-0.39, 0.29) is 23.6 Å². The van der Waals surface area contributed by atoms with E-state index in [1.54, 1.807) is 99.3 Å². The van der Waals surface area contributed by atoms with Gasteiger partial charge in [-0.25, -0.2) is 9.97 Å². The highest BCUT2D eigenvalue weighted by molar-refractivity contribution is 9.10. The summed E-state index contributed by atoms with van der Waals surface area (Å²) in [6, 6.07) is 29.2. The van der Waals surface area contributed by atoms with Crippen molar-refractivity contribution in [3.05, 3.63) is 163 Å². The molecule has 0 aliphatic heterocycles. The predicted octanol–water partition coefficient (Wildman–Crippen LogP) is 11.7. The molecule has 14 nitrogen and oxygen atoms in total. The Balaban J connectivity index is 0.000000201. The highest BCUT2D eigenvalue weighted by atomic mass is 79.9. The number of carbonyl (C=O) groups is 4. The van der Waals surface area contributed by atoms with E-state index in [9.17, 15) is 29.7 Å². The van der Waals surface area contributed by atoms with Crippen molar-refractivity contribution in [1.82, 2.24) is 19.9 Å². The first-order chi connectivity index (χ1) is 32.4. The second-order valence-electron chi connectivity index (χ2n) is 16.7. The summed E-state index contributed by atoms with van der Waals surface area (Å²) in [4.78, 5) is 71.2. The van der Waals surface area contributed by atoms with Gasteiger partial charge in [-0.15, -0.1) is 22.7 Å². The molecule has 8 rings (SSSR count). The van der Waals surface area contributed by atoms with Gasteiger partial charge in [0.2, 0.25) is 0 Å². The van der Waals surface area contributed by atoms with E-state index in [1.807, 2.05) is 58.9 Å². The number of aryl methyl sites for hydroxylation is 3. The van der Waals surface area contributed by atoms with E-state index in [0.29, 0.717) is 63.3 Å². The van der Waals surface area contributed by atoms with Crippen LogP contribution in [0, 0.1) is 43.4 Å². The summed E-state index contributed by atoms with van der Waals surface area (Å²) in [6.07, 6.45) is 6.37. The quantitative estimate of drug-likeness (QED) is 0.102. The van der Waals surface area contributed by atoms with Crippen LogP contribution in [-0.2, 0) is 10.8 Å². The molecule has 0 radical (unpaired) electrons. The van der Waals surface area contributed by atoms with Crippen LogP contribution in [0.3, 0.4) is 0 Å². The lowest BCUT2D eigenvalue weighted by molar-refractivity contribution is 0.101. The van der Waals surface area contributed by atoms with E-state index in [0.717, 1.165) is 33.3 Å². The fraction of sp³-hybridized carbons (Fsp3) is 0.176. The summed E-state index contributed by atoms with van der Waals surface area (Å²) < 4.78 is 0.598. The van der Waals surface area contributed by atoms with E-state index >= 15 is 0 Å². The van der Waals surface area contributed by atoms with Crippen molar-refractivity contribution in [3.63, 3.8) is 0 Å². The second-order valence-corrected chi connectivity index (χ2v) is 19.5. The molecule has 0 spiro atoms. The van der Waals surface area contributed by atoms with Gasteiger partial charge in [0.25, 0.3) is 23.6 Å². The SMILES string of the molecule is Cc1ccc(NC(=O)c2cccc(C(C)(C)C#N)c2)cc1NC(=O)c1sc2nccnc2c1Br.Cc1ccc(NC(=O)c2cccc(C(C)(C)C#N)c2)cc1NC(=O)c1sc2nccnc2c1C. The average Bonchev–Trinajstić information content (AvgIpc) is 3.87. The van der Waals surface area contributed by atoms with Gasteiger partial charge in [0.05, 0.1) is 32.3 Å². The number of amides is 4. The van der Waals surface area contributed by atoms with Crippen LogP contribution in [0.2, 0.25) is 0 Å². The van der Waals surface area contributed by atoms with Gasteiger partial charge in [0, 0.05) is 64.2 Å². The molecule has 4 N–H and O–H groups in total. The van der Waals surface area contributed by atoms with E-state index in [1.165, 1.54) is 22.7 Å². The topological polar surface area (TPSA) is 216 Å². The van der Waals surface area contributed by atoms with Crippen molar-refractivity contribution >= 4 is 106 Å². The summed E-state index contributed by atoms with van der Waals surface area (Å²) in [7, 11) is 0. The molecule has 17 heteroatoms. The van der Waals surface area contributed by atoms with Crippen molar-refractivity contribution in [2.24, 2.45) is 0 Å². The molecule has 4 amide bonds. The van der Waals surface area contributed by atoms with Crippen LogP contribution in [-0.4, -0.2) is 43.6 Å². The Hall–Kier alpha value is -7.70. The number of hydrogen-bond acceptors (Lipinski definition) is 12. The molecule has 0 atom stereocenters. The Morgan fingerprint density at radius 2 is 0.971 bits per heavy atom. The molecule has 340 valence electrons. The number of halogens is 1. The second kappa shape index (κ2) is 20.0. The smallest absolute Gasteiger partial charge is 0.267 e. The molecule has 0 bridgehead atoms. The summed E-state index contributed by atoms with van der Waals surface area (Å²) in [6.45, 7) is 12.8. The number of nitrogens with one attached hydrogen (secondary N) is 4. The minimum absolute atomic E-state index is 0.250. The number of fused-ring (bicyclic) bond motifs is 2. The number of thiophene rings is 2. The van der Waals surface area contributed by atoms with Gasteiger partial charge in [-0.1, -0.05) is 36.4 Å². The summed E-state index contributed by atoms with van der Waals surface area (Å²) in [5.74, 6) is -1.15. The molecule has 4 aromatic heterocycles. The maximum Gasteiger partial charge on any atom is 0.267 e. The van der Waals surface area contributed by atoms with Crippen LogP contribution >= 0.6 is 38.6 Å². The Labute approximate surface area is 408 Å². The van der Waals surface area contributed by atoms with Crippen LogP contribution in [0.25, 0.3) is 20.7 Å². The molecule has 0 saturated carbocycles. The Bertz CT molecular complexity index is 3160. The first kappa shape index (κ1) is 48.2. The normalized spacial score (nSPS) is 11.1. The van der Waals surface area contributed by atoms with Gasteiger partial charge >= 0.3 is 0 Å². The lowest BCUT2D eigenvalue weighted by atomic mass is 9.85. The molecule has 68 heavy (non-hydrogen) atoms. The van der Waals surface area contributed by atoms with Crippen LogP contribution < -0.4 is 21.3 Å². The maximum absolute atomic E-state index is 13.0. The maximum atomic E-state index is 13.0. The van der Waals surface area contributed by atoms with Crippen molar-refractivity contribution in [1.29, 1.82) is 10.5 Å². The van der Waals surface area contributed by atoms with E-state index in [2.05, 4.69) is 69.3 Å². The minimum Gasteiger partial charge on any atom is -0.322 e. The van der Waals surface area contributed by atoms with Crippen molar-refractivity contribution in [2.45, 2.75) is 59.3 Å². The van der Waals surface area contributed by atoms with Gasteiger partial charge in [-0.2, -0.15) is 10.5 Å². The number of anilines is 4. The third-order valence-electron chi connectivity index (χ3n) is 11.0. The molecule has 4 aromatic carbocycles. The molecule has 0 fully saturated rings. The van der Waals surface area contributed by atoms with Gasteiger partial charge in [0.1, 0.15) is 25.6 Å². The van der Waals surface area contributed by atoms with E-state index < -0.39 is 10.8 Å². The summed E-state index contributed by atoms with van der Waals surface area (Å²) in [5.41, 5.74) is 7.12. The van der Waals surface area contributed by atoms with Gasteiger partial charge in [-0.3, -0.25) is 29.1 Å². The number of carbonyl (C=O) groups excluding carboxylic acids is 4. The largest absolute Gasteiger partial charge is 0.322 e. The first-order valence-electron chi connectivity index (χ1n) is 21.0.